The van der Waals surface area contributed by atoms with E-state index in [0.29, 0.717) is 5.69 Å². The van der Waals surface area contributed by atoms with E-state index in [2.05, 4.69) is 27.6 Å². The summed E-state index contributed by atoms with van der Waals surface area (Å²) < 4.78 is 24.8. The molecule has 0 heterocycles. The molecule has 0 bridgehead atoms. The summed E-state index contributed by atoms with van der Waals surface area (Å²) in [5, 5.41) is 0. The van der Waals surface area contributed by atoms with Crippen molar-refractivity contribution in [1.82, 2.24) is 0 Å². The number of aryl methyl sites for hydroxylation is 1. The van der Waals surface area contributed by atoms with Crippen LogP contribution in [0.25, 0.3) is 0 Å². The molecule has 0 radical (unpaired) electrons. The minimum absolute atomic E-state index is 0.0866. The Labute approximate surface area is 99.1 Å². The van der Waals surface area contributed by atoms with E-state index in [1.165, 1.54) is 5.56 Å². The van der Waals surface area contributed by atoms with Crippen molar-refractivity contribution < 1.29 is 8.42 Å². The molecule has 84 valence electrons. The van der Waals surface area contributed by atoms with E-state index < -0.39 is 10.0 Å². The van der Waals surface area contributed by atoms with E-state index in [-0.39, 0.29) is 4.66 Å². The van der Waals surface area contributed by atoms with Crippen LogP contribution < -0.4 is 4.72 Å². The first-order valence-corrected chi connectivity index (χ1v) is 7.50. The van der Waals surface area contributed by atoms with E-state index in [1.807, 2.05) is 12.1 Å². The van der Waals surface area contributed by atoms with Crippen LogP contribution in [0.3, 0.4) is 0 Å². The summed E-state index contributed by atoms with van der Waals surface area (Å²) in [6.07, 6.45) is 2.11. The molecule has 0 saturated heterocycles. The standard InChI is InChI=1S/C10H14BrNO2S/c1-2-3-9-4-6-10(7-5-9)12-15(13,14)8-11/h4-7,12H,2-3,8H2,1H3. The maximum atomic E-state index is 11.2. The molecule has 3 nitrogen and oxygen atoms in total. The molecule has 0 aromatic heterocycles. The Hall–Kier alpha value is -0.550. The van der Waals surface area contributed by atoms with Crippen molar-refractivity contribution in [3.05, 3.63) is 29.8 Å². The number of halogens is 1. The molecule has 0 unspecified atom stereocenters. The Morgan fingerprint density at radius 1 is 1.27 bits per heavy atom. The molecule has 0 amide bonds. The van der Waals surface area contributed by atoms with E-state index in [4.69, 9.17) is 0 Å². The maximum absolute atomic E-state index is 11.2. The first-order chi connectivity index (χ1) is 7.07. The zero-order valence-electron chi connectivity index (χ0n) is 8.53. The molecule has 0 aliphatic rings. The zero-order valence-corrected chi connectivity index (χ0v) is 10.9. The molecule has 5 heteroatoms. The van der Waals surface area contributed by atoms with Gasteiger partial charge >= 0.3 is 0 Å². The quantitative estimate of drug-likeness (QED) is 0.848. The van der Waals surface area contributed by atoms with Crippen LogP contribution in [0, 0.1) is 0 Å². The molecule has 0 aliphatic heterocycles. The lowest BCUT2D eigenvalue weighted by Gasteiger charge is -2.06. The Balaban J connectivity index is 2.73. The molecule has 1 rings (SSSR count). The molecule has 0 aliphatic carbocycles. The first kappa shape index (κ1) is 12.5. The fourth-order valence-electron chi connectivity index (χ4n) is 1.23. The summed E-state index contributed by atoms with van der Waals surface area (Å²) in [6, 6.07) is 7.45. The largest absolute Gasteiger partial charge is 0.283 e. The smallest absolute Gasteiger partial charge is 0.242 e. The molecule has 1 aromatic carbocycles. The van der Waals surface area contributed by atoms with E-state index >= 15 is 0 Å². The third-order valence-electron chi connectivity index (χ3n) is 1.91. The van der Waals surface area contributed by atoms with Crippen molar-refractivity contribution in [2.24, 2.45) is 0 Å². The lowest BCUT2D eigenvalue weighted by Crippen LogP contribution is -2.12. The summed E-state index contributed by atoms with van der Waals surface area (Å²) in [5.74, 6) is 0. The molecular formula is C10H14BrNO2S. The van der Waals surface area contributed by atoms with Gasteiger partial charge in [-0.05, 0) is 24.1 Å². The minimum atomic E-state index is -3.23. The highest BCUT2D eigenvalue weighted by atomic mass is 79.9. The number of sulfonamides is 1. The van der Waals surface area contributed by atoms with Crippen LogP contribution in [0.2, 0.25) is 0 Å². The predicted molar refractivity (Wildman–Crippen MR) is 66.8 cm³/mol. The molecule has 0 atom stereocenters. The van der Waals surface area contributed by atoms with Gasteiger partial charge in [0.1, 0.15) is 4.66 Å². The highest BCUT2D eigenvalue weighted by Gasteiger charge is 2.06. The Morgan fingerprint density at radius 3 is 2.33 bits per heavy atom. The molecule has 0 saturated carbocycles. The zero-order chi connectivity index (χ0) is 11.3. The monoisotopic (exact) mass is 291 g/mol. The summed E-state index contributed by atoms with van der Waals surface area (Å²) in [4.78, 5) is 0. The third-order valence-corrected chi connectivity index (χ3v) is 4.55. The number of hydrogen-bond acceptors (Lipinski definition) is 2. The second-order valence-corrected chi connectivity index (χ2v) is 6.30. The highest BCUT2D eigenvalue weighted by Crippen LogP contribution is 2.13. The van der Waals surface area contributed by atoms with Gasteiger partial charge in [-0.3, -0.25) is 4.72 Å². The fourth-order valence-corrected chi connectivity index (χ4v) is 2.13. The Kier molecular flexibility index (Phi) is 4.60. The lowest BCUT2D eigenvalue weighted by molar-refractivity contribution is 0.606. The van der Waals surface area contributed by atoms with Gasteiger partial charge < -0.3 is 0 Å². The second kappa shape index (κ2) is 5.51. The SMILES string of the molecule is CCCc1ccc(NS(=O)(=O)CBr)cc1. The summed E-state index contributed by atoms with van der Waals surface area (Å²) in [6.45, 7) is 2.11. The average molecular weight is 292 g/mol. The predicted octanol–water partition coefficient (Wildman–Crippen LogP) is 2.73. The summed E-state index contributed by atoms with van der Waals surface area (Å²) in [5.41, 5.74) is 1.83. The Bertz CT molecular complexity index is 400. The van der Waals surface area contributed by atoms with Crippen molar-refractivity contribution >= 4 is 31.6 Å². The van der Waals surface area contributed by atoms with Gasteiger partial charge in [0.05, 0.1) is 0 Å². The topological polar surface area (TPSA) is 46.2 Å². The number of anilines is 1. The van der Waals surface area contributed by atoms with E-state index in [1.54, 1.807) is 12.1 Å². The van der Waals surface area contributed by atoms with Crippen LogP contribution in [0.4, 0.5) is 5.69 Å². The fraction of sp³-hybridized carbons (Fsp3) is 0.400. The third kappa shape index (κ3) is 4.22. The minimum Gasteiger partial charge on any atom is -0.283 e. The van der Waals surface area contributed by atoms with Gasteiger partial charge in [-0.15, -0.1) is 0 Å². The summed E-state index contributed by atoms with van der Waals surface area (Å²) in [7, 11) is -3.23. The van der Waals surface area contributed by atoms with Gasteiger partial charge in [0.15, 0.2) is 0 Å². The molecule has 0 spiro atoms. The Morgan fingerprint density at radius 2 is 1.87 bits per heavy atom. The van der Waals surface area contributed by atoms with E-state index in [0.717, 1.165) is 12.8 Å². The van der Waals surface area contributed by atoms with Crippen molar-refractivity contribution in [2.75, 3.05) is 9.38 Å². The molecule has 1 N–H and O–H groups in total. The van der Waals surface area contributed by atoms with Crippen LogP contribution in [0.5, 0.6) is 0 Å². The van der Waals surface area contributed by atoms with Crippen molar-refractivity contribution in [1.29, 1.82) is 0 Å². The first-order valence-electron chi connectivity index (χ1n) is 4.73. The highest BCUT2D eigenvalue weighted by molar-refractivity contribution is 9.10. The van der Waals surface area contributed by atoms with Gasteiger partial charge in [0.2, 0.25) is 10.0 Å². The van der Waals surface area contributed by atoms with Gasteiger partial charge in [-0.25, -0.2) is 8.42 Å². The van der Waals surface area contributed by atoms with Gasteiger partial charge in [-0.2, -0.15) is 0 Å². The number of hydrogen-bond donors (Lipinski definition) is 1. The number of alkyl halides is 1. The number of benzene rings is 1. The van der Waals surface area contributed by atoms with Crippen molar-refractivity contribution in [3.63, 3.8) is 0 Å². The number of nitrogens with one attached hydrogen (secondary N) is 1. The van der Waals surface area contributed by atoms with Gasteiger partial charge in [0, 0.05) is 5.69 Å². The van der Waals surface area contributed by atoms with Crippen LogP contribution in [0.15, 0.2) is 24.3 Å². The maximum Gasteiger partial charge on any atom is 0.242 e. The lowest BCUT2D eigenvalue weighted by atomic mass is 10.1. The molecule has 1 aromatic rings. The van der Waals surface area contributed by atoms with Crippen LogP contribution >= 0.6 is 15.9 Å². The van der Waals surface area contributed by atoms with Gasteiger partial charge in [0.25, 0.3) is 0 Å². The van der Waals surface area contributed by atoms with Crippen LogP contribution in [-0.4, -0.2) is 13.1 Å². The summed E-state index contributed by atoms with van der Waals surface area (Å²) >= 11 is 2.92. The van der Waals surface area contributed by atoms with E-state index in [9.17, 15) is 8.42 Å². The molecular weight excluding hydrogens is 278 g/mol. The molecule has 0 fully saturated rings. The molecule has 15 heavy (non-hydrogen) atoms. The second-order valence-electron chi connectivity index (χ2n) is 3.27. The van der Waals surface area contributed by atoms with Crippen molar-refractivity contribution in [3.8, 4) is 0 Å². The van der Waals surface area contributed by atoms with Crippen LogP contribution in [-0.2, 0) is 16.4 Å². The average Bonchev–Trinajstić information content (AvgIpc) is 2.21. The van der Waals surface area contributed by atoms with Gasteiger partial charge in [-0.1, -0.05) is 41.4 Å². The van der Waals surface area contributed by atoms with Crippen LogP contribution in [0.1, 0.15) is 18.9 Å². The number of rotatable bonds is 5. The van der Waals surface area contributed by atoms with Crippen molar-refractivity contribution in [2.45, 2.75) is 19.8 Å². The normalized spacial score (nSPS) is 11.3.